The van der Waals surface area contributed by atoms with E-state index in [1.807, 2.05) is 24.3 Å². The van der Waals surface area contributed by atoms with Gasteiger partial charge in [-0.3, -0.25) is 4.79 Å². The number of hydrogen-bond acceptors (Lipinski definition) is 4. The highest BCUT2D eigenvalue weighted by Gasteiger charge is 2.34. The molecule has 0 aliphatic heterocycles. The predicted molar refractivity (Wildman–Crippen MR) is 85.5 cm³/mol. The Morgan fingerprint density at radius 1 is 1.27 bits per heavy atom. The zero-order chi connectivity index (χ0) is 15.4. The summed E-state index contributed by atoms with van der Waals surface area (Å²) in [5.41, 5.74) is 0.759. The Hall–Kier alpha value is -1.81. The van der Waals surface area contributed by atoms with Crippen molar-refractivity contribution >= 4 is 16.9 Å². The van der Waals surface area contributed by atoms with Gasteiger partial charge in [-0.15, -0.1) is 0 Å². The Balaban J connectivity index is 1.71. The van der Waals surface area contributed by atoms with Crippen LogP contribution >= 0.6 is 0 Å². The van der Waals surface area contributed by atoms with Gasteiger partial charge in [-0.05, 0) is 25.0 Å². The fourth-order valence-electron chi connectivity index (χ4n) is 3.39. The Morgan fingerprint density at radius 2 is 2.05 bits per heavy atom. The molecule has 2 aromatic rings. The summed E-state index contributed by atoms with van der Waals surface area (Å²) in [6, 6.07) is 10.1. The summed E-state index contributed by atoms with van der Waals surface area (Å²) in [5, 5.41) is 4.70. The van der Waals surface area contributed by atoms with E-state index >= 15 is 0 Å². The Bertz CT molecular complexity index is 608. The first-order chi connectivity index (χ1) is 10.7. The lowest BCUT2D eigenvalue weighted by Crippen LogP contribution is -2.48. The van der Waals surface area contributed by atoms with Gasteiger partial charge >= 0.3 is 5.97 Å². The maximum atomic E-state index is 11.8. The van der Waals surface area contributed by atoms with Crippen molar-refractivity contribution < 1.29 is 13.9 Å². The third kappa shape index (κ3) is 3.33. The van der Waals surface area contributed by atoms with E-state index in [0.29, 0.717) is 13.0 Å². The lowest BCUT2D eigenvalue weighted by molar-refractivity contribution is -0.142. The van der Waals surface area contributed by atoms with Gasteiger partial charge in [0.15, 0.2) is 0 Å². The molecule has 0 bridgehead atoms. The standard InChI is InChI=1S/C18H23NO3/c1-21-17(20)12-18(9-5-2-6-10-18)19-13-15-11-14-7-3-4-8-16(14)22-15/h3-4,7-8,11,19H,2,5-6,9-10,12-13H2,1H3. The molecule has 0 radical (unpaired) electrons. The quantitative estimate of drug-likeness (QED) is 0.854. The summed E-state index contributed by atoms with van der Waals surface area (Å²) in [4.78, 5) is 11.8. The van der Waals surface area contributed by atoms with Crippen molar-refractivity contribution in [2.24, 2.45) is 0 Å². The van der Waals surface area contributed by atoms with E-state index in [9.17, 15) is 4.79 Å². The van der Waals surface area contributed by atoms with E-state index in [4.69, 9.17) is 9.15 Å². The fraction of sp³-hybridized carbons (Fsp3) is 0.500. The molecule has 22 heavy (non-hydrogen) atoms. The summed E-state index contributed by atoms with van der Waals surface area (Å²) < 4.78 is 10.7. The minimum atomic E-state index is -0.148. The molecule has 1 aromatic heterocycles. The number of para-hydroxylation sites is 1. The number of nitrogens with one attached hydrogen (secondary N) is 1. The normalized spacial score (nSPS) is 17.5. The maximum absolute atomic E-state index is 11.8. The molecule has 0 amide bonds. The lowest BCUT2D eigenvalue weighted by Gasteiger charge is -2.37. The van der Waals surface area contributed by atoms with Gasteiger partial charge in [-0.2, -0.15) is 0 Å². The van der Waals surface area contributed by atoms with Gasteiger partial charge in [0.1, 0.15) is 11.3 Å². The molecule has 1 saturated carbocycles. The van der Waals surface area contributed by atoms with E-state index in [2.05, 4.69) is 11.4 Å². The molecule has 4 nitrogen and oxygen atoms in total. The SMILES string of the molecule is COC(=O)CC1(NCc2cc3ccccc3o2)CCCCC1. The average Bonchev–Trinajstić information content (AvgIpc) is 2.97. The van der Waals surface area contributed by atoms with Crippen LogP contribution in [0.5, 0.6) is 0 Å². The molecule has 1 N–H and O–H groups in total. The van der Waals surface area contributed by atoms with Crippen LogP contribution in [0, 0.1) is 0 Å². The Morgan fingerprint density at radius 3 is 2.77 bits per heavy atom. The molecule has 1 fully saturated rings. The second kappa shape index (κ2) is 6.53. The summed E-state index contributed by atoms with van der Waals surface area (Å²) in [7, 11) is 1.46. The topological polar surface area (TPSA) is 51.5 Å². The van der Waals surface area contributed by atoms with Crippen molar-refractivity contribution in [3.63, 3.8) is 0 Å². The van der Waals surface area contributed by atoms with Crippen molar-refractivity contribution in [1.82, 2.24) is 5.32 Å². The third-order valence-electron chi connectivity index (χ3n) is 4.64. The second-order valence-electron chi connectivity index (χ2n) is 6.20. The number of methoxy groups -OCH3 is 1. The molecule has 1 aliphatic rings. The number of fused-ring (bicyclic) bond motifs is 1. The van der Waals surface area contributed by atoms with Crippen LogP contribution in [0.3, 0.4) is 0 Å². The van der Waals surface area contributed by atoms with E-state index < -0.39 is 0 Å². The second-order valence-corrected chi connectivity index (χ2v) is 6.20. The minimum Gasteiger partial charge on any atom is -0.469 e. The van der Waals surface area contributed by atoms with E-state index in [1.165, 1.54) is 13.5 Å². The van der Waals surface area contributed by atoms with Gasteiger partial charge < -0.3 is 14.5 Å². The first-order valence-electron chi connectivity index (χ1n) is 8.00. The van der Waals surface area contributed by atoms with Gasteiger partial charge in [0.05, 0.1) is 20.1 Å². The number of carbonyl (C=O) groups excluding carboxylic acids is 1. The minimum absolute atomic E-state index is 0.140. The van der Waals surface area contributed by atoms with Crippen molar-refractivity contribution in [2.45, 2.75) is 50.6 Å². The molecular formula is C18H23NO3. The summed E-state index contributed by atoms with van der Waals surface area (Å²) >= 11 is 0. The highest BCUT2D eigenvalue weighted by molar-refractivity contribution is 5.77. The van der Waals surface area contributed by atoms with Crippen LogP contribution in [0.2, 0.25) is 0 Å². The van der Waals surface area contributed by atoms with Crippen LogP contribution in [0.15, 0.2) is 34.7 Å². The smallest absolute Gasteiger partial charge is 0.307 e. The number of esters is 1. The van der Waals surface area contributed by atoms with E-state index in [1.54, 1.807) is 0 Å². The van der Waals surface area contributed by atoms with Gasteiger partial charge in [0.25, 0.3) is 0 Å². The number of hydrogen-bond donors (Lipinski definition) is 1. The third-order valence-corrected chi connectivity index (χ3v) is 4.64. The van der Waals surface area contributed by atoms with Crippen LogP contribution in [0.1, 0.15) is 44.3 Å². The van der Waals surface area contributed by atoms with E-state index in [-0.39, 0.29) is 11.5 Å². The van der Waals surface area contributed by atoms with Crippen LogP contribution in [-0.2, 0) is 16.1 Å². The van der Waals surface area contributed by atoms with Gasteiger partial charge in [-0.1, -0.05) is 37.5 Å². The molecule has 0 saturated heterocycles. The zero-order valence-electron chi connectivity index (χ0n) is 13.1. The highest BCUT2D eigenvalue weighted by Crippen LogP contribution is 2.32. The molecule has 1 aromatic carbocycles. The van der Waals surface area contributed by atoms with Crippen LogP contribution in [-0.4, -0.2) is 18.6 Å². The molecule has 3 rings (SSSR count). The molecule has 0 atom stereocenters. The first kappa shape index (κ1) is 15.1. The van der Waals surface area contributed by atoms with Gasteiger partial charge in [0, 0.05) is 10.9 Å². The molecule has 118 valence electrons. The molecule has 1 heterocycles. The van der Waals surface area contributed by atoms with Crippen molar-refractivity contribution in [2.75, 3.05) is 7.11 Å². The average molecular weight is 301 g/mol. The molecule has 1 aliphatic carbocycles. The Labute approximate surface area is 130 Å². The zero-order valence-corrected chi connectivity index (χ0v) is 13.1. The summed E-state index contributed by atoms with van der Waals surface area (Å²) in [6.07, 6.45) is 6.03. The number of rotatable bonds is 5. The number of ether oxygens (including phenoxy) is 1. The Kier molecular flexibility index (Phi) is 4.48. The molecule has 4 heteroatoms. The molecule has 0 spiro atoms. The summed E-state index contributed by atoms with van der Waals surface area (Å²) in [6.45, 7) is 0.645. The van der Waals surface area contributed by atoms with Gasteiger partial charge in [-0.25, -0.2) is 0 Å². The largest absolute Gasteiger partial charge is 0.469 e. The van der Waals surface area contributed by atoms with Crippen LogP contribution in [0.25, 0.3) is 11.0 Å². The fourth-order valence-corrected chi connectivity index (χ4v) is 3.39. The van der Waals surface area contributed by atoms with Gasteiger partial charge in [0.2, 0.25) is 0 Å². The predicted octanol–water partition coefficient (Wildman–Crippen LogP) is 3.79. The number of benzene rings is 1. The molecule has 0 unspecified atom stereocenters. The highest BCUT2D eigenvalue weighted by atomic mass is 16.5. The number of carbonyl (C=O) groups is 1. The number of furan rings is 1. The maximum Gasteiger partial charge on any atom is 0.307 e. The van der Waals surface area contributed by atoms with Crippen molar-refractivity contribution in [3.05, 3.63) is 36.1 Å². The first-order valence-corrected chi connectivity index (χ1v) is 8.00. The van der Waals surface area contributed by atoms with Crippen molar-refractivity contribution in [1.29, 1.82) is 0 Å². The van der Waals surface area contributed by atoms with E-state index in [0.717, 1.165) is 42.4 Å². The lowest BCUT2D eigenvalue weighted by atomic mass is 9.79. The monoisotopic (exact) mass is 301 g/mol. The van der Waals surface area contributed by atoms with Crippen molar-refractivity contribution in [3.8, 4) is 0 Å². The molecular weight excluding hydrogens is 278 g/mol. The summed E-state index contributed by atoms with van der Waals surface area (Å²) in [5.74, 6) is 0.773. The van der Waals surface area contributed by atoms with Crippen LogP contribution < -0.4 is 5.32 Å². The van der Waals surface area contributed by atoms with Crippen LogP contribution in [0.4, 0.5) is 0 Å².